The molecule has 0 aliphatic rings. The summed E-state index contributed by atoms with van der Waals surface area (Å²) in [6.45, 7) is 3.84. The van der Waals surface area contributed by atoms with Crippen LogP contribution in [-0.4, -0.2) is 9.97 Å². The smallest absolute Gasteiger partial charge is 0.119 e. The summed E-state index contributed by atoms with van der Waals surface area (Å²) in [5.41, 5.74) is 2.63. The summed E-state index contributed by atoms with van der Waals surface area (Å²) in [7, 11) is 0. The molecule has 0 atom stereocenters. The van der Waals surface area contributed by atoms with Gasteiger partial charge in [0.1, 0.15) is 12.0 Å². The predicted octanol–water partition coefficient (Wildman–Crippen LogP) is 1.07. The maximum Gasteiger partial charge on any atom is 0.119 e. The lowest BCUT2D eigenvalue weighted by molar-refractivity contribution is 1.05. The summed E-state index contributed by atoms with van der Waals surface area (Å²) in [5, 5.41) is 0. The predicted molar refractivity (Wildman–Crippen MR) is 39.4 cm³/mol. The molecule has 50 valence electrons. The maximum absolute atomic E-state index is 5.18. The third-order valence-electron chi connectivity index (χ3n) is 1.47. The molecule has 0 spiro atoms. The van der Waals surface area contributed by atoms with Gasteiger partial charge in [0.2, 0.25) is 0 Å². The Bertz CT molecular complexity index is 284. The summed E-state index contributed by atoms with van der Waals surface area (Å²) in [6.07, 6.45) is 6.66. The van der Waals surface area contributed by atoms with Crippen LogP contribution in [0.25, 0.3) is 0 Å². The Morgan fingerprint density at radius 3 is 2.60 bits per heavy atom. The minimum atomic E-state index is 0.688. The molecule has 0 N–H and O–H groups in total. The summed E-state index contributed by atoms with van der Waals surface area (Å²) in [6, 6.07) is 0. The lowest BCUT2D eigenvalue weighted by Crippen LogP contribution is -1.93. The molecule has 1 heterocycles. The molecule has 1 rings (SSSR count). The molecule has 0 radical (unpaired) electrons. The Morgan fingerprint density at radius 2 is 2.10 bits per heavy atom. The number of hydrogen-bond acceptors (Lipinski definition) is 2. The molecule has 0 aromatic carbocycles. The van der Waals surface area contributed by atoms with E-state index in [1.165, 1.54) is 6.33 Å². The molecule has 10 heavy (non-hydrogen) atoms. The van der Waals surface area contributed by atoms with Gasteiger partial charge in [-0.05, 0) is 19.8 Å². The van der Waals surface area contributed by atoms with Gasteiger partial charge < -0.3 is 0 Å². The van der Waals surface area contributed by atoms with Gasteiger partial charge in [-0.15, -0.1) is 6.42 Å². The molecule has 0 saturated carbocycles. The molecule has 0 unspecified atom stereocenters. The second-order valence-electron chi connectivity index (χ2n) is 2.08. The average Bonchev–Trinajstić information content (AvgIpc) is 1.95. The Morgan fingerprint density at radius 1 is 1.40 bits per heavy atom. The van der Waals surface area contributed by atoms with Gasteiger partial charge in [-0.1, -0.05) is 0 Å². The SMILES string of the molecule is C#Cc1ncnc(C)c1C. The van der Waals surface area contributed by atoms with Gasteiger partial charge in [-0.3, -0.25) is 0 Å². The van der Waals surface area contributed by atoms with E-state index in [9.17, 15) is 0 Å². The van der Waals surface area contributed by atoms with Gasteiger partial charge in [-0.25, -0.2) is 9.97 Å². The first-order valence-electron chi connectivity index (χ1n) is 3.00. The molecule has 2 nitrogen and oxygen atoms in total. The monoisotopic (exact) mass is 132 g/mol. The lowest BCUT2D eigenvalue weighted by Gasteiger charge is -1.97. The van der Waals surface area contributed by atoms with E-state index in [0.29, 0.717) is 5.69 Å². The molecular weight excluding hydrogens is 124 g/mol. The highest BCUT2D eigenvalue weighted by atomic mass is 14.8. The summed E-state index contributed by atoms with van der Waals surface area (Å²) < 4.78 is 0. The van der Waals surface area contributed by atoms with Crippen LogP contribution >= 0.6 is 0 Å². The quantitative estimate of drug-likeness (QED) is 0.493. The van der Waals surface area contributed by atoms with Gasteiger partial charge in [0, 0.05) is 11.3 Å². The topological polar surface area (TPSA) is 25.8 Å². The number of hydrogen-bond donors (Lipinski definition) is 0. The fraction of sp³-hybridized carbons (Fsp3) is 0.250. The fourth-order valence-corrected chi connectivity index (χ4v) is 0.684. The third-order valence-corrected chi connectivity index (χ3v) is 1.47. The second-order valence-corrected chi connectivity index (χ2v) is 2.08. The van der Waals surface area contributed by atoms with Crippen molar-refractivity contribution in [3.8, 4) is 12.3 Å². The van der Waals surface area contributed by atoms with Crippen molar-refractivity contribution in [2.24, 2.45) is 0 Å². The summed E-state index contributed by atoms with van der Waals surface area (Å²) >= 11 is 0. The number of terminal acetylenes is 1. The van der Waals surface area contributed by atoms with Crippen molar-refractivity contribution >= 4 is 0 Å². The van der Waals surface area contributed by atoms with Crippen LogP contribution in [-0.2, 0) is 0 Å². The molecule has 0 amide bonds. The van der Waals surface area contributed by atoms with Crippen LogP contribution in [0.5, 0.6) is 0 Å². The Hall–Kier alpha value is -1.36. The average molecular weight is 132 g/mol. The van der Waals surface area contributed by atoms with Crippen molar-refractivity contribution in [1.29, 1.82) is 0 Å². The van der Waals surface area contributed by atoms with E-state index >= 15 is 0 Å². The van der Waals surface area contributed by atoms with Crippen molar-refractivity contribution in [3.63, 3.8) is 0 Å². The van der Waals surface area contributed by atoms with Gasteiger partial charge >= 0.3 is 0 Å². The van der Waals surface area contributed by atoms with Crippen LogP contribution in [0.4, 0.5) is 0 Å². The van der Waals surface area contributed by atoms with E-state index in [1.54, 1.807) is 0 Å². The molecule has 0 aliphatic carbocycles. The van der Waals surface area contributed by atoms with Crippen LogP contribution in [0.1, 0.15) is 17.0 Å². The highest BCUT2D eigenvalue weighted by molar-refractivity contribution is 5.33. The lowest BCUT2D eigenvalue weighted by atomic mass is 10.2. The van der Waals surface area contributed by atoms with E-state index in [-0.39, 0.29) is 0 Å². The standard InChI is InChI=1S/C8H8N2/c1-4-8-6(2)7(3)9-5-10-8/h1,5H,2-3H3. The summed E-state index contributed by atoms with van der Waals surface area (Å²) in [4.78, 5) is 7.89. The first kappa shape index (κ1) is 6.76. The first-order valence-corrected chi connectivity index (χ1v) is 3.00. The van der Waals surface area contributed by atoms with Crippen LogP contribution in [0, 0.1) is 26.2 Å². The van der Waals surface area contributed by atoms with Crippen molar-refractivity contribution in [2.45, 2.75) is 13.8 Å². The molecule has 0 aliphatic heterocycles. The van der Waals surface area contributed by atoms with Crippen LogP contribution in [0.3, 0.4) is 0 Å². The zero-order valence-electron chi connectivity index (χ0n) is 6.05. The van der Waals surface area contributed by atoms with Crippen molar-refractivity contribution < 1.29 is 0 Å². The van der Waals surface area contributed by atoms with E-state index in [2.05, 4.69) is 15.9 Å². The van der Waals surface area contributed by atoms with Crippen molar-refractivity contribution in [1.82, 2.24) is 9.97 Å². The van der Waals surface area contributed by atoms with Crippen LogP contribution in [0.15, 0.2) is 6.33 Å². The van der Waals surface area contributed by atoms with Crippen LogP contribution < -0.4 is 0 Å². The third kappa shape index (κ3) is 0.985. The minimum absolute atomic E-state index is 0.688. The fourth-order valence-electron chi connectivity index (χ4n) is 0.684. The second kappa shape index (κ2) is 2.49. The normalized spacial score (nSPS) is 8.90. The highest BCUT2D eigenvalue weighted by Crippen LogP contribution is 2.04. The number of rotatable bonds is 0. The van der Waals surface area contributed by atoms with Gasteiger partial charge in [0.25, 0.3) is 0 Å². The van der Waals surface area contributed by atoms with E-state index in [4.69, 9.17) is 6.42 Å². The van der Waals surface area contributed by atoms with Gasteiger partial charge in [-0.2, -0.15) is 0 Å². The van der Waals surface area contributed by atoms with Crippen molar-refractivity contribution in [2.75, 3.05) is 0 Å². The number of aryl methyl sites for hydroxylation is 1. The number of nitrogens with zero attached hydrogens (tertiary/aromatic N) is 2. The molecule has 2 heteroatoms. The molecule has 1 aromatic heterocycles. The van der Waals surface area contributed by atoms with Gasteiger partial charge in [0.15, 0.2) is 0 Å². The zero-order chi connectivity index (χ0) is 7.56. The molecule has 0 saturated heterocycles. The highest BCUT2D eigenvalue weighted by Gasteiger charge is 1.97. The minimum Gasteiger partial charge on any atom is -0.241 e. The molecular formula is C8H8N2. The number of aromatic nitrogens is 2. The van der Waals surface area contributed by atoms with Crippen molar-refractivity contribution in [3.05, 3.63) is 23.3 Å². The van der Waals surface area contributed by atoms with Gasteiger partial charge in [0.05, 0.1) is 0 Å². The Kier molecular flexibility index (Phi) is 1.68. The molecule has 1 aromatic rings. The van der Waals surface area contributed by atoms with E-state index < -0.39 is 0 Å². The summed E-state index contributed by atoms with van der Waals surface area (Å²) in [5.74, 6) is 2.48. The Labute approximate surface area is 60.3 Å². The van der Waals surface area contributed by atoms with E-state index in [0.717, 1.165) is 11.3 Å². The molecule has 0 fully saturated rings. The molecule has 0 bridgehead atoms. The Balaban J connectivity index is 3.31. The van der Waals surface area contributed by atoms with Crippen LogP contribution in [0.2, 0.25) is 0 Å². The van der Waals surface area contributed by atoms with E-state index in [1.807, 2.05) is 13.8 Å². The zero-order valence-corrected chi connectivity index (χ0v) is 6.05. The largest absolute Gasteiger partial charge is 0.241 e. The first-order chi connectivity index (χ1) is 4.75. The maximum atomic E-state index is 5.18.